The molecule has 1 aromatic heterocycles. The Morgan fingerprint density at radius 1 is 1.06 bits per heavy atom. The van der Waals surface area contributed by atoms with Crippen LogP contribution in [0.2, 0.25) is 0 Å². The summed E-state index contributed by atoms with van der Waals surface area (Å²) in [7, 11) is 0. The van der Waals surface area contributed by atoms with E-state index in [2.05, 4.69) is 22.0 Å². The lowest BCUT2D eigenvalue weighted by atomic mass is 9.53. The molecule has 1 spiro atoms. The van der Waals surface area contributed by atoms with Crippen molar-refractivity contribution >= 4 is 17.6 Å². The Morgan fingerprint density at radius 2 is 1.70 bits per heavy atom. The third kappa shape index (κ3) is 3.06. The summed E-state index contributed by atoms with van der Waals surface area (Å²) in [5, 5.41) is 0. The van der Waals surface area contributed by atoms with Crippen molar-refractivity contribution in [1.29, 1.82) is 0 Å². The average Bonchev–Trinajstić information content (AvgIpc) is 3.12. The van der Waals surface area contributed by atoms with Crippen molar-refractivity contribution in [2.24, 2.45) is 39.5 Å². The SMILES string of the molecule is CC(=O)c1nc(C[C@@]2(C(N)=O)[C@H]3C=C[C@H](C34CC4)[C@@]2(CCCCN2CCCC2)C(N)=O)co1. The predicted molar refractivity (Wildman–Crippen MR) is 121 cm³/mol. The number of Topliss-reactive ketones (excluding diaryl/α,β-unsaturated/α-hetero) is 1. The number of hydrogen-bond acceptors (Lipinski definition) is 6. The molecule has 1 saturated heterocycles. The molecule has 178 valence electrons. The van der Waals surface area contributed by atoms with E-state index in [0.717, 1.165) is 45.3 Å². The highest BCUT2D eigenvalue weighted by Crippen LogP contribution is 2.81. The number of nitrogens with zero attached hydrogens (tertiary/aromatic N) is 2. The van der Waals surface area contributed by atoms with Gasteiger partial charge in [0.25, 0.3) is 5.89 Å². The van der Waals surface area contributed by atoms with Gasteiger partial charge in [0, 0.05) is 13.3 Å². The summed E-state index contributed by atoms with van der Waals surface area (Å²) in [4.78, 5) is 45.3. The molecule has 2 amide bonds. The van der Waals surface area contributed by atoms with Gasteiger partial charge in [-0.2, -0.15) is 0 Å². The molecule has 8 nitrogen and oxygen atoms in total. The molecule has 5 rings (SSSR count). The molecule has 0 aromatic carbocycles. The van der Waals surface area contributed by atoms with E-state index in [1.807, 2.05) is 0 Å². The number of amides is 2. The van der Waals surface area contributed by atoms with Crippen molar-refractivity contribution in [3.8, 4) is 0 Å². The number of ketones is 1. The van der Waals surface area contributed by atoms with Gasteiger partial charge >= 0.3 is 0 Å². The number of allylic oxidation sites excluding steroid dienone is 2. The highest BCUT2D eigenvalue weighted by molar-refractivity contribution is 5.95. The molecule has 3 aliphatic carbocycles. The van der Waals surface area contributed by atoms with Crippen LogP contribution in [0.1, 0.15) is 68.2 Å². The quantitative estimate of drug-likeness (QED) is 0.316. The molecule has 2 heterocycles. The maximum absolute atomic E-state index is 13.4. The minimum Gasteiger partial charge on any atom is -0.442 e. The number of nitrogens with two attached hydrogens (primary N) is 2. The second kappa shape index (κ2) is 7.79. The summed E-state index contributed by atoms with van der Waals surface area (Å²) in [5.41, 5.74) is 10.5. The summed E-state index contributed by atoms with van der Waals surface area (Å²) in [6, 6.07) is 0. The number of aromatic nitrogens is 1. The van der Waals surface area contributed by atoms with Crippen LogP contribution in [0.3, 0.4) is 0 Å². The van der Waals surface area contributed by atoms with Crippen molar-refractivity contribution in [2.45, 2.75) is 58.3 Å². The van der Waals surface area contributed by atoms with Gasteiger partial charge < -0.3 is 20.8 Å². The maximum atomic E-state index is 13.4. The lowest BCUT2D eigenvalue weighted by molar-refractivity contribution is -0.151. The van der Waals surface area contributed by atoms with Crippen LogP contribution in [0.4, 0.5) is 0 Å². The van der Waals surface area contributed by atoms with E-state index in [9.17, 15) is 14.4 Å². The van der Waals surface area contributed by atoms with Crippen molar-refractivity contribution in [2.75, 3.05) is 19.6 Å². The van der Waals surface area contributed by atoms with Crippen LogP contribution < -0.4 is 11.5 Å². The largest absolute Gasteiger partial charge is 0.442 e. The van der Waals surface area contributed by atoms with Gasteiger partial charge in [0.15, 0.2) is 0 Å². The van der Waals surface area contributed by atoms with Gasteiger partial charge in [-0.05, 0) is 75.4 Å². The van der Waals surface area contributed by atoms with E-state index < -0.39 is 22.6 Å². The molecule has 33 heavy (non-hydrogen) atoms. The molecular formula is C25H34N4O4. The lowest BCUT2D eigenvalue weighted by Crippen LogP contribution is -2.60. The Kier molecular flexibility index (Phi) is 5.27. The van der Waals surface area contributed by atoms with Crippen LogP contribution >= 0.6 is 0 Å². The van der Waals surface area contributed by atoms with Gasteiger partial charge in [-0.1, -0.05) is 18.6 Å². The van der Waals surface area contributed by atoms with E-state index in [1.165, 1.54) is 26.0 Å². The number of carbonyl (C=O) groups is 3. The second-order valence-corrected chi connectivity index (χ2v) is 10.6. The molecule has 0 unspecified atom stereocenters. The third-order valence-electron chi connectivity index (χ3n) is 9.11. The molecule has 1 aromatic rings. The van der Waals surface area contributed by atoms with E-state index >= 15 is 0 Å². The van der Waals surface area contributed by atoms with Crippen LogP contribution in [-0.4, -0.2) is 47.1 Å². The summed E-state index contributed by atoms with van der Waals surface area (Å²) in [5.74, 6) is -1.48. The first-order valence-electron chi connectivity index (χ1n) is 12.2. The first kappa shape index (κ1) is 22.3. The Balaban J connectivity index is 1.50. The Bertz CT molecular complexity index is 1010. The molecule has 3 fully saturated rings. The van der Waals surface area contributed by atoms with Crippen LogP contribution in [-0.2, 0) is 16.0 Å². The first-order valence-corrected chi connectivity index (χ1v) is 12.2. The molecule has 2 bridgehead atoms. The minimum atomic E-state index is -1.17. The number of likely N-dealkylation sites (tertiary alicyclic amines) is 1. The monoisotopic (exact) mass is 454 g/mol. The van der Waals surface area contributed by atoms with Gasteiger partial charge in [0.1, 0.15) is 6.26 Å². The zero-order valence-electron chi connectivity index (χ0n) is 19.3. The first-order chi connectivity index (χ1) is 15.8. The molecule has 4 atom stereocenters. The predicted octanol–water partition coefficient (Wildman–Crippen LogP) is 2.23. The molecule has 4 N–H and O–H groups in total. The Morgan fingerprint density at radius 3 is 2.24 bits per heavy atom. The topological polar surface area (TPSA) is 133 Å². The van der Waals surface area contributed by atoms with E-state index in [4.69, 9.17) is 15.9 Å². The Hall–Kier alpha value is -2.48. The van der Waals surface area contributed by atoms with Gasteiger partial charge in [-0.15, -0.1) is 0 Å². The number of carbonyl (C=O) groups excluding carboxylic acids is 3. The van der Waals surface area contributed by atoms with Crippen LogP contribution in [0.25, 0.3) is 0 Å². The average molecular weight is 455 g/mol. The second-order valence-electron chi connectivity index (χ2n) is 10.6. The van der Waals surface area contributed by atoms with Crippen molar-refractivity contribution in [3.05, 3.63) is 30.0 Å². The number of primary amides is 2. The van der Waals surface area contributed by atoms with Gasteiger partial charge in [0.05, 0.1) is 16.5 Å². The normalized spacial score (nSPS) is 33.7. The zero-order chi connectivity index (χ0) is 23.4. The van der Waals surface area contributed by atoms with E-state index in [0.29, 0.717) is 12.1 Å². The van der Waals surface area contributed by atoms with Crippen LogP contribution in [0.5, 0.6) is 0 Å². The van der Waals surface area contributed by atoms with Crippen molar-refractivity contribution < 1.29 is 18.8 Å². The van der Waals surface area contributed by atoms with Gasteiger partial charge in [0.2, 0.25) is 17.6 Å². The Labute approximate surface area is 194 Å². The fraction of sp³-hybridized carbons (Fsp3) is 0.680. The van der Waals surface area contributed by atoms with Gasteiger partial charge in [-0.25, -0.2) is 4.98 Å². The molecular weight excluding hydrogens is 420 g/mol. The fourth-order valence-corrected chi connectivity index (χ4v) is 7.61. The smallest absolute Gasteiger partial charge is 0.262 e. The third-order valence-corrected chi connectivity index (χ3v) is 9.11. The van der Waals surface area contributed by atoms with Crippen LogP contribution in [0.15, 0.2) is 22.8 Å². The van der Waals surface area contributed by atoms with Crippen molar-refractivity contribution in [1.82, 2.24) is 9.88 Å². The van der Waals surface area contributed by atoms with E-state index in [-0.39, 0.29) is 35.3 Å². The van der Waals surface area contributed by atoms with E-state index in [1.54, 1.807) is 0 Å². The standard InChI is InChI=1S/C25H34N4O4/c1-16(30)20-28-17(15-33-20)14-25(22(27)32)19-7-6-18(23(19)9-10-23)24(25,21(26)31)8-2-3-11-29-12-4-5-13-29/h6-7,15,18-19H,2-5,8-14H2,1H3,(H2,26,31)(H2,27,32)/t18-,19+,24+,25+/m1/s1. The number of hydrogen-bond donors (Lipinski definition) is 2. The molecule has 1 aliphatic heterocycles. The molecule has 4 aliphatic rings. The highest BCUT2D eigenvalue weighted by atomic mass is 16.3. The maximum Gasteiger partial charge on any atom is 0.262 e. The molecule has 2 saturated carbocycles. The number of rotatable bonds is 10. The minimum absolute atomic E-state index is 0.000239. The lowest BCUT2D eigenvalue weighted by Gasteiger charge is -2.47. The van der Waals surface area contributed by atoms with Crippen LogP contribution in [0, 0.1) is 28.1 Å². The summed E-state index contributed by atoms with van der Waals surface area (Å²) < 4.78 is 5.34. The highest BCUT2D eigenvalue weighted by Gasteiger charge is 2.82. The molecule has 8 heteroatoms. The molecule has 0 radical (unpaired) electrons. The van der Waals surface area contributed by atoms with Crippen molar-refractivity contribution in [3.63, 3.8) is 0 Å². The summed E-state index contributed by atoms with van der Waals surface area (Å²) >= 11 is 0. The number of unbranched alkanes of at least 4 members (excludes halogenated alkanes) is 1. The summed E-state index contributed by atoms with van der Waals surface area (Å²) in [6.07, 6.45) is 12.5. The number of oxazole rings is 1. The summed E-state index contributed by atoms with van der Waals surface area (Å²) in [6.45, 7) is 4.65. The fourth-order valence-electron chi connectivity index (χ4n) is 7.61. The van der Waals surface area contributed by atoms with Gasteiger partial charge in [-0.3, -0.25) is 14.4 Å². The zero-order valence-corrected chi connectivity index (χ0v) is 19.3.